The van der Waals surface area contributed by atoms with Crippen molar-refractivity contribution in [3.8, 4) is 5.75 Å². The summed E-state index contributed by atoms with van der Waals surface area (Å²) >= 11 is 11.7. The maximum Gasteiger partial charge on any atom is 0.351 e. The molecule has 6 heteroatoms. The summed E-state index contributed by atoms with van der Waals surface area (Å²) in [7, 11) is 0. The molecule has 0 atom stereocenters. The Morgan fingerprint density at radius 3 is 2.65 bits per heavy atom. The van der Waals surface area contributed by atoms with E-state index in [2.05, 4.69) is 0 Å². The lowest BCUT2D eigenvalue weighted by Gasteiger charge is -2.06. The second kappa shape index (κ2) is 6.44. The van der Waals surface area contributed by atoms with Gasteiger partial charge in [-0.1, -0.05) is 29.8 Å². The fraction of sp³-hybridized carbons (Fsp3) is 0.0588. The lowest BCUT2D eigenvalue weighted by Crippen LogP contribution is -2.18. The molecule has 0 amide bonds. The highest BCUT2D eigenvalue weighted by Crippen LogP contribution is 2.24. The van der Waals surface area contributed by atoms with Gasteiger partial charge in [-0.05, 0) is 35.9 Å². The Kier molecular flexibility index (Phi) is 4.37. The molecule has 23 heavy (non-hydrogen) atoms. The van der Waals surface area contributed by atoms with Gasteiger partial charge in [0.15, 0.2) is 0 Å². The molecule has 3 aromatic rings. The smallest absolute Gasteiger partial charge is 0.351 e. The Morgan fingerprint density at radius 2 is 1.91 bits per heavy atom. The molecule has 0 aliphatic carbocycles. The molecule has 1 aromatic heterocycles. The van der Waals surface area contributed by atoms with Crippen LogP contribution >= 0.6 is 23.2 Å². The molecule has 0 aliphatic heterocycles. The van der Waals surface area contributed by atoms with Gasteiger partial charge in [-0.3, -0.25) is 0 Å². The average molecular weight is 349 g/mol. The monoisotopic (exact) mass is 348 g/mol. The van der Waals surface area contributed by atoms with E-state index in [-0.39, 0.29) is 16.3 Å². The highest BCUT2D eigenvalue weighted by molar-refractivity contribution is 6.32. The van der Waals surface area contributed by atoms with Gasteiger partial charge in [-0.15, -0.1) is 11.6 Å². The van der Waals surface area contributed by atoms with Crippen molar-refractivity contribution in [1.82, 2.24) is 0 Å². The molecule has 4 nitrogen and oxygen atoms in total. The van der Waals surface area contributed by atoms with Gasteiger partial charge in [-0.2, -0.15) is 0 Å². The SMILES string of the molecule is O=C(Oc1ccccc1Cl)c1cc2cc(CCl)ccc2oc1=O. The second-order valence-corrected chi connectivity index (χ2v) is 5.45. The summed E-state index contributed by atoms with van der Waals surface area (Å²) in [4.78, 5) is 24.2. The highest BCUT2D eigenvalue weighted by Gasteiger charge is 2.17. The zero-order valence-electron chi connectivity index (χ0n) is 11.7. The first kappa shape index (κ1) is 15.6. The van der Waals surface area contributed by atoms with Gasteiger partial charge in [0.1, 0.15) is 16.9 Å². The van der Waals surface area contributed by atoms with E-state index in [1.807, 2.05) is 0 Å². The number of carbonyl (C=O) groups excluding carboxylic acids is 1. The van der Waals surface area contributed by atoms with Crippen LogP contribution < -0.4 is 10.4 Å². The van der Waals surface area contributed by atoms with E-state index in [1.54, 1.807) is 36.4 Å². The van der Waals surface area contributed by atoms with Crippen molar-refractivity contribution in [2.75, 3.05) is 0 Å². The Balaban J connectivity index is 2.01. The van der Waals surface area contributed by atoms with Crippen LogP contribution in [0.15, 0.2) is 57.7 Å². The van der Waals surface area contributed by atoms with Crippen LogP contribution in [0.2, 0.25) is 5.02 Å². The van der Waals surface area contributed by atoms with Crippen LogP contribution in [0.5, 0.6) is 5.75 Å². The number of ether oxygens (including phenoxy) is 1. The number of halogens is 2. The highest BCUT2D eigenvalue weighted by atomic mass is 35.5. The first-order valence-electron chi connectivity index (χ1n) is 6.68. The Labute approximate surface area is 141 Å². The molecular formula is C17H10Cl2O4. The molecule has 0 unspecified atom stereocenters. The van der Waals surface area contributed by atoms with Crippen LogP contribution in [0.4, 0.5) is 0 Å². The van der Waals surface area contributed by atoms with Crippen LogP contribution in [-0.4, -0.2) is 5.97 Å². The van der Waals surface area contributed by atoms with E-state index in [0.29, 0.717) is 16.8 Å². The van der Waals surface area contributed by atoms with E-state index in [1.165, 1.54) is 12.1 Å². The molecular weight excluding hydrogens is 339 g/mol. The zero-order chi connectivity index (χ0) is 16.4. The van der Waals surface area contributed by atoms with Gasteiger partial charge in [0.05, 0.1) is 5.02 Å². The minimum absolute atomic E-state index is 0.174. The molecule has 0 spiro atoms. The number of rotatable bonds is 3. The lowest BCUT2D eigenvalue weighted by molar-refractivity contribution is 0.0730. The van der Waals surface area contributed by atoms with Gasteiger partial charge in [-0.25, -0.2) is 9.59 Å². The number of alkyl halides is 1. The van der Waals surface area contributed by atoms with Crippen LogP contribution in [0.1, 0.15) is 15.9 Å². The van der Waals surface area contributed by atoms with Gasteiger partial charge < -0.3 is 9.15 Å². The number of hydrogen-bond donors (Lipinski definition) is 0. The third-order valence-electron chi connectivity index (χ3n) is 3.21. The van der Waals surface area contributed by atoms with Crippen molar-refractivity contribution in [3.63, 3.8) is 0 Å². The summed E-state index contributed by atoms with van der Waals surface area (Å²) in [6.07, 6.45) is 0. The van der Waals surface area contributed by atoms with Crippen molar-refractivity contribution in [2.24, 2.45) is 0 Å². The molecule has 0 fully saturated rings. The number of hydrogen-bond acceptors (Lipinski definition) is 4. The predicted octanol–water partition coefficient (Wildman–Crippen LogP) is 4.40. The van der Waals surface area contributed by atoms with Crippen molar-refractivity contribution >= 4 is 40.1 Å². The molecule has 3 rings (SSSR count). The lowest BCUT2D eigenvalue weighted by atomic mass is 10.1. The Bertz CT molecular complexity index is 947. The van der Waals surface area contributed by atoms with Gasteiger partial charge in [0.2, 0.25) is 0 Å². The fourth-order valence-electron chi connectivity index (χ4n) is 2.08. The third kappa shape index (κ3) is 3.23. The normalized spacial score (nSPS) is 10.7. The number of benzene rings is 2. The van der Waals surface area contributed by atoms with Gasteiger partial charge in [0.25, 0.3) is 0 Å². The molecule has 0 saturated heterocycles. The molecule has 116 valence electrons. The molecule has 0 N–H and O–H groups in total. The van der Waals surface area contributed by atoms with Crippen molar-refractivity contribution in [1.29, 1.82) is 0 Å². The second-order valence-electron chi connectivity index (χ2n) is 4.77. The summed E-state index contributed by atoms with van der Waals surface area (Å²) in [5.74, 6) is -0.340. The first-order chi connectivity index (χ1) is 11.1. The predicted molar refractivity (Wildman–Crippen MR) is 88.5 cm³/mol. The number of carbonyl (C=O) groups is 1. The van der Waals surface area contributed by atoms with E-state index < -0.39 is 11.6 Å². The summed E-state index contributed by atoms with van der Waals surface area (Å²) in [6.45, 7) is 0. The molecule has 0 aliphatic rings. The standard InChI is InChI=1S/C17H10Cl2O4/c18-9-10-5-6-14-11(7-10)8-12(16(20)22-14)17(21)23-15-4-2-1-3-13(15)19/h1-8H,9H2. The maximum absolute atomic E-state index is 12.2. The average Bonchev–Trinajstić information content (AvgIpc) is 2.55. The van der Waals surface area contributed by atoms with Crippen LogP contribution in [0.3, 0.4) is 0 Å². The van der Waals surface area contributed by atoms with Crippen LogP contribution in [-0.2, 0) is 5.88 Å². The van der Waals surface area contributed by atoms with Crippen molar-refractivity contribution in [3.05, 3.63) is 75.1 Å². The number of para-hydroxylation sites is 1. The molecule has 1 heterocycles. The molecule has 0 radical (unpaired) electrons. The van der Waals surface area contributed by atoms with Crippen LogP contribution in [0.25, 0.3) is 11.0 Å². The van der Waals surface area contributed by atoms with Gasteiger partial charge in [0, 0.05) is 11.3 Å². The van der Waals surface area contributed by atoms with Crippen molar-refractivity contribution < 1.29 is 13.9 Å². The molecule has 2 aromatic carbocycles. The first-order valence-corrected chi connectivity index (χ1v) is 7.59. The molecule has 0 bridgehead atoms. The minimum Gasteiger partial charge on any atom is -0.422 e. The summed E-state index contributed by atoms with van der Waals surface area (Å²) in [5.41, 5.74) is 0.244. The Morgan fingerprint density at radius 1 is 1.13 bits per heavy atom. The summed E-state index contributed by atoms with van der Waals surface area (Å²) < 4.78 is 10.3. The zero-order valence-corrected chi connectivity index (χ0v) is 13.2. The van der Waals surface area contributed by atoms with E-state index >= 15 is 0 Å². The van der Waals surface area contributed by atoms with E-state index in [0.717, 1.165) is 5.56 Å². The van der Waals surface area contributed by atoms with E-state index in [4.69, 9.17) is 32.4 Å². The number of fused-ring (bicyclic) bond motifs is 1. The topological polar surface area (TPSA) is 56.5 Å². The quantitative estimate of drug-likeness (QED) is 0.304. The summed E-state index contributed by atoms with van der Waals surface area (Å²) in [6, 6.07) is 13.1. The van der Waals surface area contributed by atoms with Gasteiger partial charge >= 0.3 is 11.6 Å². The number of esters is 1. The minimum atomic E-state index is -0.829. The molecule has 0 saturated carbocycles. The van der Waals surface area contributed by atoms with E-state index in [9.17, 15) is 9.59 Å². The van der Waals surface area contributed by atoms with Crippen molar-refractivity contribution in [2.45, 2.75) is 5.88 Å². The largest absolute Gasteiger partial charge is 0.422 e. The Hall–Kier alpha value is -2.30. The third-order valence-corrected chi connectivity index (χ3v) is 3.83. The maximum atomic E-state index is 12.2. The fourth-order valence-corrected chi connectivity index (χ4v) is 2.42. The summed E-state index contributed by atoms with van der Waals surface area (Å²) in [5, 5.41) is 0.865. The van der Waals surface area contributed by atoms with Crippen LogP contribution in [0, 0.1) is 0 Å².